The third-order valence-corrected chi connectivity index (χ3v) is 3.02. The zero-order valence-corrected chi connectivity index (χ0v) is 11.2. The van der Waals surface area contributed by atoms with Gasteiger partial charge in [-0.05, 0) is 48.6 Å². The lowest BCUT2D eigenvalue weighted by molar-refractivity contribution is 1.10. The maximum atomic E-state index is 11.5. The number of nitrogens with zero attached hydrogens (tertiary/aromatic N) is 1. The molecular formula is C12H11IN2O. The van der Waals surface area contributed by atoms with E-state index in [9.17, 15) is 4.79 Å². The molecule has 1 N–H and O–H groups in total. The molecule has 3 nitrogen and oxygen atoms in total. The van der Waals surface area contributed by atoms with Gasteiger partial charge in [-0.25, -0.2) is 4.98 Å². The Labute approximate surface area is 107 Å². The van der Waals surface area contributed by atoms with Gasteiger partial charge in [0.1, 0.15) is 5.82 Å². The molecule has 0 fully saturated rings. The van der Waals surface area contributed by atoms with Crippen LogP contribution in [0.4, 0.5) is 0 Å². The summed E-state index contributed by atoms with van der Waals surface area (Å²) in [5.74, 6) is 0.622. The second-order valence-corrected chi connectivity index (χ2v) is 4.95. The van der Waals surface area contributed by atoms with Gasteiger partial charge >= 0.3 is 0 Å². The summed E-state index contributed by atoms with van der Waals surface area (Å²) in [6.07, 6.45) is 1.59. The van der Waals surface area contributed by atoms with Gasteiger partial charge in [-0.2, -0.15) is 0 Å². The van der Waals surface area contributed by atoms with E-state index in [-0.39, 0.29) is 5.56 Å². The van der Waals surface area contributed by atoms with Crippen LogP contribution in [-0.2, 0) is 0 Å². The summed E-state index contributed by atoms with van der Waals surface area (Å²) in [6.45, 7) is 4.06. The Bertz CT molecular complexity index is 570. The average molecular weight is 326 g/mol. The quantitative estimate of drug-likeness (QED) is 0.819. The van der Waals surface area contributed by atoms with Gasteiger partial charge in [0.2, 0.25) is 0 Å². The normalized spacial score (nSPS) is 10.4. The summed E-state index contributed by atoms with van der Waals surface area (Å²) in [6, 6.07) is 6.12. The molecule has 16 heavy (non-hydrogen) atoms. The minimum Gasteiger partial charge on any atom is -0.306 e. The number of rotatable bonds is 1. The van der Waals surface area contributed by atoms with Crippen LogP contribution in [0.15, 0.2) is 29.2 Å². The fourth-order valence-corrected chi connectivity index (χ4v) is 1.91. The number of nitrogens with one attached hydrogen (secondary N) is 1. The Kier molecular flexibility index (Phi) is 3.09. The van der Waals surface area contributed by atoms with Gasteiger partial charge in [-0.15, -0.1) is 0 Å². The molecule has 4 heteroatoms. The maximum absolute atomic E-state index is 11.5. The fraction of sp³-hybridized carbons (Fsp3) is 0.167. The van der Waals surface area contributed by atoms with Crippen molar-refractivity contribution in [2.24, 2.45) is 0 Å². The number of benzene rings is 1. The monoisotopic (exact) mass is 326 g/mol. The van der Waals surface area contributed by atoms with Crippen molar-refractivity contribution in [1.82, 2.24) is 9.97 Å². The average Bonchev–Trinajstić information content (AvgIpc) is 2.20. The number of hydrogen-bond donors (Lipinski definition) is 1. The molecule has 1 aromatic heterocycles. The number of H-pyrrole nitrogens is 1. The van der Waals surface area contributed by atoms with E-state index in [0.717, 1.165) is 16.7 Å². The topological polar surface area (TPSA) is 45.8 Å². The molecule has 0 saturated heterocycles. The summed E-state index contributed by atoms with van der Waals surface area (Å²) in [7, 11) is 0. The molecule has 2 rings (SSSR count). The summed E-state index contributed by atoms with van der Waals surface area (Å²) in [5, 5.41) is 0. The molecule has 0 bridgehead atoms. The first kappa shape index (κ1) is 11.3. The Balaban J connectivity index is 2.58. The molecule has 1 heterocycles. The first-order valence-electron chi connectivity index (χ1n) is 4.90. The third kappa shape index (κ3) is 2.32. The molecule has 0 aliphatic rings. The maximum Gasteiger partial charge on any atom is 0.264 e. The molecule has 0 amide bonds. The molecule has 0 aliphatic heterocycles. The minimum absolute atomic E-state index is 0.0928. The zero-order chi connectivity index (χ0) is 11.7. The molecular weight excluding hydrogens is 315 g/mol. The summed E-state index contributed by atoms with van der Waals surface area (Å²) in [4.78, 5) is 18.5. The van der Waals surface area contributed by atoms with E-state index in [1.165, 1.54) is 0 Å². The van der Waals surface area contributed by atoms with Gasteiger partial charge in [-0.3, -0.25) is 4.79 Å². The van der Waals surface area contributed by atoms with E-state index >= 15 is 0 Å². The van der Waals surface area contributed by atoms with Crippen molar-refractivity contribution in [3.63, 3.8) is 0 Å². The highest BCUT2D eigenvalue weighted by molar-refractivity contribution is 14.1. The van der Waals surface area contributed by atoms with E-state index in [2.05, 4.69) is 16.0 Å². The highest BCUT2D eigenvalue weighted by Gasteiger charge is 2.03. The van der Waals surface area contributed by atoms with E-state index in [0.29, 0.717) is 9.39 Å². The number of halogens is 1. The number of aryl methyl sites for hydroxylation is 2. The molecule has 2 aromatic rings. The van der Waals surface area contributed by atoms with Crippen molar-refractivity contribution in [3.8, 4) is 11.4 Å². The van der Waals surface area contributed by atoms with Crippen molar-refractivity contribution in [2.75, 3.05) is 0 Å². The van der Waals surface area contributed by atoms with Crippen LogP contribution in [-0.4, -0.2) is 9.97 Å². The largest absolute Gasteiger partial charge is 0.306 e. The first-order chi connectivity index (χ1) is 7.56. The van der Waals surface area contributed by atoms with Crippen LogP contribution in [0.3, 0.4) is 0 Å². The lowest BCUT2D eigenvalue weighted by Crippen LogP contribution is -2.11. The summed E-state index contributed by atoms with van der Waals surface area (Å²) >= 11 is 1.97. The summed E-state index contributed by atoms with van der Waals surface area (Å²) in [5.41, 5.74) is 3.18. The van der Waals surface area contributed by atoms with E-state index in [4.69, 9.17) is 0 Å². The highest BCUT2D eigenvalue weighted by Crippen LogP contribution is 2.17. The van der Waals surface area contributed by atoms with Crippen LogP contribution < -0.4 is 5.56 Å². The van der Waals surface area contributed by atoms with Gasteiger partial charge in [-0.1, -0.05) is 17.2 Å². The molecule has 0 saturated carbocycles. The van der Waals surface area contributed by atoms with Crippen LogP contribution in [0, 0.1) is 17.4 Å². The second-order valence-electron chi connectivity index (χ2n) is 3.79. The molecule has 1 aromatic carbocycles. The van der Waals surface area contributed by atoms with Gasteiger partial charge in [0.15, 0.2) is 0 Å². The minimum atomic E-state index is -0.0928. The van der Waals surface area contributed by atoms with Crippen LogP contribution in [0.2, 0.25) is 0 Å². The van der Waals surface area contributed by atoms with Crippen molar-refractivity contribution in [1.29, 1.82) is 0 Å². The van der Waals surface area contributed by atoms with E-state index in [1.54, 1.807) is 6.20 Å². The molecule has 0 unspecified atom stereocenters. The van der Waals surface area contributed by atoms with Crippen LogP contribution in [0.5, 0.6) is 0 Å². The smallest absolute Gasteiger partial charge is 0.264 e. The number of aromatic amines is 1. The Hall–Kier alpha value is -1.17. The van der Waals surface area contributed by atoms with Crippen LogP contribution in [0.25, 0.3) is 11.4 Å². The van der Waals surface area contributed by atoms with E-state index in [1.807, 2.05) is 48.6 Å². The van der Waals surface area contributed by atoms with Crippen LogP contribution >= 0.6 is 22.6 Å². The lowest BCUT2D eigenvalue weighted by atomic mass is 10.1. The molecule has 0 radical (unpaired) electrons. The van der Waals surface area contributed by atoms with Crippen molar-refractivity contribution >= 4 is 22.6 Å². The van der Waals surface area contributed by atoms with Crippen molar-refractivity contribution in [2.45, 2.75) is 13.8 Å². The lowest BCUT2D eigenvalue weighted by Gasteiger charge is -2.04. The first-order valence-corrected chi connectivity index (χ1v) is 5.97. The molecule has 0 aliphatic carbocycles. The van der Waals surface area contributed by atoms with Crippen LogP contribution in [0.1, 0.15) is 11.1 Å². The Morgan fingerprint density at radius 2 is 1.81 bits per heavy atom. The van der Waals surface area contributed by atoms with Crippen molar-refractivity contribution in [3.05, 3.63) is 49.4 Å². The molecule has 0 atom stereocenters. The number of aromatic nitrogens is 2. The fourth-order valence-electron chi connectivity index (χ4n) is 1.64. The Morgan fingerprint density at radius 3 is 2.38 bits per heavy atom. The SMILES string of the molecule is Cc1cc(C)cc(-c2ncc(I)c(=O)[nH]2)c1. The number of hydrogen-bond acceptors (Lipinski definition) is 2. The van der Waals surface area contributed by atoms with E-state index < -0.39 is 0 Å². The predicted molar refractivity (Wildman–Crippen MR) is 72.5 cm³/mol. The standard InChI is InChI=1S/C12H11IN2O/c1-7-3-8(2)5-9(4-7)11-14-6-10(13)12(16)15-11/h3-6H,1-2H3,(H,14,15,16). The highest BCUT2D eigenvalue weighted by atomic mass is 127. The predicted octanol–water partition coefficient (Wildman–Crippen LogP) is 2.66. The Morgan fingerprint density at radius 1 is 1.19 bits per heavy atom. The van der Waals surface area contributed by atoms with Gasteiger partial charge < -0.3 is 4.98 Å². The second kappa shape index (κ2) is 4.37. The molecule has 0 spiro atoms. The molecule has 82 valence electrons. The zero-order valence-electron chi connectivity index (χ0n) is 9.04. The van der Waals surface area contributed by atoms with Gasteiger partial charge in [0, 0.05) is 11.8 Å². The van der Waals surface area contributed by atoms with Gasteiger partial charge in [0.05, 0.1) is 3.57 Å². The third-order valence-electron chi connectivity index (χ3n) is 2.25. The summed E-state index contributed by atoms with van der Waals surface area (Å²) < 4.78 is 0.603. The van der Waals surface area contributed by atoms with Crippen molar-refractivity contribution < 1.29 is 0 Å². The van der Waals surface area contributed by atoms with Gasteiger partial charge in [0.25, 0.3) is 5.56 Å².